The van der Waals surface area contributed by atoms with E-state index in [0.29, 0.717) is 11.5 Å². The summed E-state index contributed by atoms with van der Waals surface area (Å²) >= 11 is 5.78. The van der Waals surface area contributed by atoms with Crippen LogP contribution >= 0.6 is 11.6 Å². The van der Waals surface area contributed by atoms with Crippen LogP contribution in [0.25, 0.3) is 5.82 Å². The molecule has 2 aromatic heterocycles. The summed E-state index contributed by atoms with van der Waals surface area (Å²) in [5.74, 6) is 0.371. The van der Waals surface area contributed by atoms with E-state index < -0.39 is 0 Å². The molecule has 0 aliphatic carbocycles. The molecule has 0 spiro atoms. The van der Waals surface area contributed by atoms with E-state index >= 15 is 0 Å². The van der Waals surface area contributed by atoms with Gasteiger partial charge in [0.15, 0.2) is 11.5 Å². The van der Waals surface area contributed by atoms with Gasteiger partial charge in [0, 0.05) is 32.1 Å². The van der Waals surface area contributed by atoms with Crippen LogP contribution in [-0.4, -0.2) is 44.7 Å². The van der Waals surface area contributed by atoms with Gasteiger partial charge >= 0.3 is 0 Å². The molecule has 7 heteroatoms. The monoisotopic (exact) mass is 265 g/mol. The Morgan fingerprint density at radius 1 is 1.39 bits per heavy atom. The standard InChI is InChI=1S/C11H12ClN5O/c1-7-6-9(14-11(12)13-7)17-5-4-8(15-17)10(18)16(2)3/h4-6H,1-3H3. The topological polar surface area (TPSA) is 63.9 Å². The third-order valence-electron chi connectivity index (χ3n) is 2.26. The number of aryl methyl sites for hydroxylation is 1. The van der Waals surface area contributed by atoms with Gasteiger partial charge in [0.1, 0.15) is 0 Å². The molecule has 0 atom stereocenters. The Morgan fingerprint density at radius 3 is 2.72 bits per heavy atom. The summed E-state index contributed by atoms with van der Waals surface area (Å²) in [5.41, 5.74) is 1.09. The fraction of sp³-hybridized carbons (Fsp3) is 0.273. The van der Waals surface area contributed by atoms with Gasteiger partial charge in [0.05, 0.1) is 0 Å². The van der Waals surface area contributed by atoms with Crippen molar-refractivity contribution in [3.05, 3.63) is 35.0 Å². The number of hydrogen-bond donors (Lipinski definition) is 0. The van der Waals surface area contributed by atoms with Crippen molar-refractivity contribution in [2.75, 3.05) is 14.1 Å². The Balaban J connectivity index is 2.38. The number of nitrogens with zero attached hydrogens (tertiary/aromatic N) is 5. The van der Waals surface area contributed by atoms with Crippen molar-refractivity contribution in [2.45, 2.75) is 6.92 Å². The summed E-state index contributed by atoms with van der Waals surface area (Å²) in [4.78, 5) is 21.2. The Hall–Kier alpha value is -1.95. The van der Waals surface area contributed by atoms with Gasteiger partial charge in [0.25, 0.3) is 5.91 Å². The van der Waals surface area contributed by atoms with Crippen molar-refractivity contribution >= 4 is 17.5 Å². The maximum Gasteiger partial charge on any atom is 0.273 e. The Labute approximate surface area is 109 Å². The van der Waals surface area contributed by atoms with Crippen molar-refractivity contribution in [1.29, 1.82) is 0 Å². The van der Waals surface area contributed by atoms with Crippen molar-refractivity contribution in [1.82, 2.24) is 24.6 Å². The molecule has 0 aromatic carbocycles. The zero-order valence-electron chi connectivity index (χ0n) is 10.3. The molecule has 18 heavy (non-hydrogen) atoms. The smallest absolute Gasteiger partial charge is 0.273 e. The van der Waals surface area contributed by atoms with E-state index in [1.54, 1.807) is 32.4 Å². The first-order valence-electron chi connectivity index (χ1n) is 5.26. The van der Waals surface area contributed by atoms with Crippen LogP contribution in [0, 0.1) is 6.92 Å². The van der Waals surface area contributed by atoms with E-state index in [-0.39, 0.29) is 11.2 Å². The van der Waals surface area contributed by atoms with E-state index in [4.69, 9.17) is 11.6 Å². The van der Waals surface area contributed by atoms with Crippen molar-refractivity contribution in [2.24, 2.45) is 0 Å². The summed E-state index contributed by atoms with van der Waals surface area (Å²) in [7, 11) is 3.35. The fourth-order valence-corrected chi connectivity index (χ4v) is 1.65. The van der Waals surface area contributed by atoms with Crippen LogP contribution in [0.15, 0.2) is 18.3 Å². The van der Waals surface area contributed by atoms with Gasteiger partial charge in [-0.3, -0.25) is 4.79 Å². The molecule has 0 aliphatic heterocycles. The SMILES string of the molecule is Cc1cc(-n2ccc(C(=O)N(C)C)n2)nc(Cl)n1. The molecule has 2 heterocycles. The van der Waals surface area contributed by atoms with Gasteiger partial charge in [-0.1, -0.05) is 0 Å². The quantitative estimate of drug-likeness (QED) is 0.769. The minimum absolute atomic E-state index is 0.154. The maximum atomic E-state index is 11.7. The third kappa shape index (κ3) is 2.48. The van der Waals surface area contributed by atoms with E-state index in [1.807, 2.05) is 6.92 Å². The Kier molecular flexibility index (Phi) is 3.29. The zero-order chi connectivity index (χ0) is 13.3. The molecule has 2 rings (SSSR count). The van der Waals surface area contributed by atoms with Crippen LogP contribution in [0.1, 0.15) is 16.2 Å². The molecule has 0 saturated carbocycles. The summed E-state index contributed by atoms with van der Waals surface area (Å²) in [5, 5.41) is 4.31. The van der Waals surface area contributed by atoms with Crippen LogP contribution in [0.5, 0.6) is 0 Å². The van der Waals surface area contributed by atoms with E-state index in [0.717, 1.165) is 5.69 Å². The average Bonchev–Trinajstić information content (AvgIpc) is 2.75. The van der Waals surface area contributed by atoms with Gasteiger partial charge in [-0.15, -0.1) is 0 Å². The molecule has 0 aliphatic rings. The molecule has 0 radical (unpaired) electrons. The Bertz CT molecular complexity index is 573. The Morgan fingerprint density at radius 2 is 2.11 bits per heavy atom. The third-order valence-corrected chi connectivity index (χ3v) is 2.43. The number of hydrogen-bond acceptors (Lipinski definition) is 4. The normalized spacial score (nSPS) is 10.4. The van der Waals surface area contributed by atoms with Gasteiger partial charge in [-0.25, -0.2) is 9.67 Å². The molecular formula is C11H12ClN5O. The first kappa shape index (κ1) is 12.5. The van der Waals surface area contributed by atoms with E-state index in [9.17, 15) is 4.79 Å². The van der Waals surface area contributed by atoms with Crippen LogP contribution in [0.2, 0.25) is 5.28 Å². The van der Waals surface area contributed by atoms with E-state index in [2.05, 4.69) is 15.1 Å². The van der Waals surface area contributed by atoms with E-state index in [1.165, 1.54) is 9.58 Å². The molecule has 0 fully saturated rings. The molecule has 0 unspecified atom stereocenters. The molecule has 0 N–H and O–H groups in total. The second-order valence-corrected chi connectivity index (χ2v) is 4.32. The molecular weight excluding hydrogens is 254 g/mol. The highest BCUT2D eigenvalue weighted by Crippen LogP contribution is 2.10. The minimum atomic E-state index is -0.161. The number of amides is 1. The summed E-state index contributed by atoms with van der Waals surface area (Å²) in [6.07, 6.45) is 1.66. The molecule has 0 bridgehead atoms. The number of carbonyl (C=O) groups is 1. The van der Waals surface area contributed by atoms with Crippen molar-refractivity contribution in [3.63, 3.8) is 0 Å². The maximum absolute atomic E-state index is 11.7. The second-order valence-electron chi connectivity index (χ2n) is 3.98. The first-order valence-corrected chi connectivity index (χ1v) is 5.64. The number of aromatic nitrogens is 4. The number of halogens is 1. The lowest BCUT2D eigenvalue weighted by molar-refractivity contribution is 0.0821. The van der Waals surface area contributed by atoms with Crippen LogP contribution in [0.3, 0.4) is 0 Å². The van der Waals surface area contributed by atoms with Crippen LogP contribution in [0.4, 0.5) is 0 Å². The predicted octanol–water partition coefficient (Wildman–Crippen LogP) is 1.33. The minimum Gasteiger partial charge on any atom is -0.343 e. The molecule has 0 saturated heterocycles. The fourth-order valence-electron chi connectivity index (χ4n) is 1.43. The highest BCUT2D eigenvalue weighted by molar-refractivity contribution is 6.28. The summed E-state index contributed by atoms with van der Waals surface area (Å²) < 4.78 is 1.50. The summed E-state index contributed by atoms with van der Waals surface area (Å²) in [6.45, 7) is 1.81. The van der Waals surface area contributed by atoms with Gasteiger partial charge in [0.2, 0.25) is 5.28 Å². The number of carbonyl (C=O) groups excluding carboxylic acids is 1. The van der Waals surface area contributed by atoms with Crippen LogP contribution in [-0.2, 0) is 0 Å². The van der Waals surface area contributed by atoms with Gasteiger partial charge in [-0.05, 0) is 24.6 Å². The molecule has 1 amide bonds. The molecule has 2 aromatic rings. The zero-order valence-corrected chi connectivity index (χ0v) is 11.0. The predicted molar refractivity (Wildman–Crippen MR) is 66.9 cm³/mol. The van der Waals surface area contributed by atoms with Crippen molar-refractivity contribution in [3.8, 4) is 5.82 Å². The van der Waals surface area contributed by atoms with Gasteiger partial charge < -0.3 is 4.90 Å². The molecule has 6 nitrogen and oxygen atoms in total. The summed E-state index contributed by atoms with van der Waals surface area (Å²) in [6, 6.07) is 3.37. The lowest BCUT2D eigenvalue weighted by Gasteiger charge is -2.07. The van der Waals surface area contributed by atoms with Crippen LogP contribution < -0.4 is 0 Å². The van der Waals surface area contributed by atoms with Gasteiger partial charge in [-0.2, -0.15) is 10.1 Å². The van der Waals surface area contributed by atoms with Crippen molar-refractivity contribution < 1.29 is 4.79 Å². The highest BCUT2D eigenvalue weighted by Gasteiger charge is 2.12. The largest absolute Gasteiger partial charge is 0.343 e. The second kappa shape index (κ2) is 4.73. The first-order chi connectivity index (χ1) is 8.47. The highest BCUT2D eigenvalue weighted by atomic mass is 35.5. The average molecular weight is 266 g/mol. The lowest BCUT2D eigenvalue weighted by atomic mass is 10.4. The molecule has 94 valence electrons. The number of rotatable bonds is 2. The lowest BCUT2D eigenvalue weighted by Crippen LogP contribution is -2.22.